The third-order valence-corrected chi connectivity index (χ3v) is 4.03. The maximum Gasteiger partial charge on any atom is 0.172 e. The van der Waals surface area contributed by atoms with Crippen molar-refractivity contribution in [1.29, 1.82) is 0 Å². The van der Waals surface area contributed by atoms with E-state index in [9.17, 15) is 5.11 Å². The molecule has 1 atom stereocenters. The molecule has 0 radical (unpaired) electrons. The lowest BCUT2D eigenvalue weighted by molar-refractivity contribution is 0.0583. The van der Waals surface area contributed by atoms with Gasteiger partial charge in [0.05, 0.1) is 11.6 Å². The van der Waals surface area contributed by atoms with E-state index in [1.165, 1.54) is 7.11 Å². The monoisotopic (exact) mass is 315 g/mol. The number of methoxy groups -OCH3 is 1. The van der Waals surface area contributed by atoms with Crippen LogP contribution in [-0.2, 0) is 4.74 Å². The Morgan fingerprint density at radius 2 is 2.11 bits per heavy atom. The minimum atomic E-state index is -0.0558. The van der Waals surface area contributed by atoms with Gasteiger partial charge in [-0.15, -0.1) is 0 Å². The van der Waals surface area contributed by atoms with E-state index in [0.717, 1.165) is 31.6 Å². The highest BCUT2D eigenvalue weighted by Crippen LogP contribution is 2.38. The molecule has 0 spiro atoms. The van der Waals surface area contributed by atoms with Crippen molar-refractivity contribution in [3.63, 3.8) is 0 Å². The van der Waals surface area contributed by atoms with Crippen LogP contribution < -0.4 is 10.5 Å². The van der Waals surface area contributed by atoms with Gasteiger partial charge in [-0.1, -0.05) is 0 Å². The fourth-order valence-corrected chi connectivity index (χ4v) is 2.75. The summed E-state index contributed by atoms with van der Waals surface area (Å²) in [5.74, 6) is 0.974. The van der Waals surface area contributed by atoms with E-state index in [2.05, 4.69) is 15.9 Å². The van der Waals surface area contributed by atoms with Gasteiger partial charge in [-0.25, -0.2) is 0 Å². The summed E-state index contributed by atoms with van der Waals surface area (Å²) in [6.45, 7) is 1.55. The van der Waals surface area contributed by atoms with Crippen molar-refractivity contribution in [2.45, 2.75) is 18.9 Å². The molecule has 1 aliphatic heterocycles. The topological polar surface area (TPSA) is 64.7 Å². The molecule has 1 aromatic carbocycles. The summed E-state index contributed by atoms with van der Waals surface area (Å²) in [4.78, 5) is 0. The number of phenolic OH excluding ortho intramolecular Hbond substituents is 1. The van der Waals surface area contributed by atoms with Gasteiger partial charge in [-0.05, 0) is 52.4 Å². The van der Waals surface area contributed by atoms with Crippen molar-refractivity contribution in [3.05, 3.63) is 22.2 Å². The van der Waals surface area contributed by atoms with Crippen LogP contribution in [0.4, 0.5) is 0 Å². The van der Waals surface area contributed by atoms with Gasteiger partial charge in [-0.3, -0.25) is 0 Å². The van der Waals surface area contributed by atoms with E-state index in [1.807, 2.05) is 6.07 Å². The fourth-order valence-electron chi connectivity index (χ4n) is 2.29. The molecule has 1 fully saturated rings. The standard InChI is InChI=1S/C13H18BrNO3/c1-17-11-7-9(6-10(14)13(11)16)12(15)8-2-4-18-5-3-8/h6-8,12,16H,2-5,15H2,1H3/t12-/m1/s1. The Morgan fingerprint density at radius 3 is 2.72 bits per heavy atom. The SMILES string of the molecule is COc1cc([C@H](N)C2CCOCC2)cc(Br)c1O. The second-order valence-electron chi connectivity index (χ2n) is 4.53. The fraction of sp³-hybridized carbons (Fsp3) is 0.538. The van der Waals surface area contributed by atoms with Gasteiger partial charge in [-0.2, -0.15) is 0 Å². The van der Waals surface area contributed by atoms with Crippen LogP contribution in [0.15, 0.2) is 16.6 Å². The van der Waals surface area contributed by atoms with Crippen LogP contribution in [0.5, 0.6) is 11.5 Å². The van der Waals surface area contributed by atoms with Crippen LogP contribution in [0.25, 0.3) is 0 Å². The van der Waals surface area contributed by atoms with Crippen LogP contribution >= 0.6 is 15.9 Å². The van der Waals surface area contributed by atoms with Gasteiger partial charge in [0.2, 0.25) is 0 Å². The summed E-state index contributed by atoms with van der Waals surface area (Å²) in [5.41, 5.74) is 7.27. The Kier molecular flexibility index (Phi) is 4.48. The Bertz CT molecular complexity index is 419. The summed E-state index contributed by atoms with van der Waals surface area (Å²) in [7, 11) is 1.53. The number of halogens is 1. The Morgan fingerprint density at radius 1 is 1.44 bits per heavy atom. The lowest BCUT2D eigenvalue weighted by Gasteiger charge is -2.28. The average molecular weight is 316 g/mol. The van der Waals surface area contributed by atoms with Gasteiger partial charge in [0, 0.05) is 19.3 Å². The lowest BCUT2D eigenvalue weighted by atomic mass is 9.88. The quantitative estimate of drug-likeness (QED) is 0.900. The van der Waals surface area contributed by atoms with Crippen LogP contribution in [0.2, 0.25) is 0 Å². The van der Waals surface area contributed by atoms with E-state index in [-0.39, 0.29) is 11.8 Å². The van der Waals surface area contributed by atoms with E-state index in [1.54, 1.807) is 6.07 Å². The number of aromatic hydroxyl groups is 1. The molecule has 5 heteroatoms. The Hall–Kier alpha value is -0.780. The van der Waals surface area contributed by atoms with Crippen LogP contribution in [0.1, 0.15) is 24.4 Å². The molecule has 0 aromatic heterocycles. The second-order valence-corrected chi connectivity index (χ2v) is 5.38. The Balaban J connectivity index is 2.23. The third kappa shape index (κ3) is 2.79. The molecule has 1 heterocycles. The first-order valence-corrected chi connectivity index (χ1v) is 6.82. The van der Waals surface area contributed by atoms with E-state index in [0.29, 0.717) is 16.1 Å². The zero-order chi connectivity index (χ0) is 13.1. The molecule has 100 valence electrons. The molecular weight excluding hydrogens is 298 g/mol. The number of hydrogen-bond donors (Lipinski definition) is 2. The predicted octanol–water partition coefficient (Wildman–Crippen LogP) is 2.59. The smallest absolute Gasteiger partial charge is 0.172 e. The summed E-state index contributed by atoms with van der Waals surface area (Å²) in [6, 6.07) is 3.61. The summed E-state index contributed by atoms with van der Waals surface area (Å²) in [6.07, 6.45) is 1.95. The molecule has 3 N–H and O–H groups in total. The van der Waals surface area contributed by atoms with E-state index >= 15 is 0 Å². The largest absolute Gasteiger partial charge is 0.503 e. The average Bonchev–Trinajstić information content (AvgIpc) is 2.42. The number of phenols is 1. The van der Waals surface area contributed by atoms with Gasteiger partial charge in [0.15, 0.2) is 11.5 Å². The van der Waals surface area contributed by atoms with Crippen LogP contribution in [0.3, 0.4) is 0 Å². The normalized spacial score (nSPS) is 18.6. The number of rotatable bonds is 3. The Labute approximate surface area is 115 Å². The summed E-state index contributed by atoms with van der Waals surface area (Å²) < 4.78 is 11.1. The predicted molar refractivity (Wildman–Crippen MR) is 72.8 cm³/mol. The van der Waals surface area contributed by atoms with Gasteiger partial charge in [0.25, 0.3) is 0 Å². The van der Waals surface area contributed by atoms with Crippen molar-refractivity contribution in [3.8, 4) is 11.5 Å². The van der Waals surface area contributed by atoms with Gasteiger partial charge < -0.3 is 20.3 Å². The molecule has 1 saturated heterocycles. The van der Waals surface area contributed by atoms with Crippen molar-refractivity contribution in [2.75, 3.05) is 20.3 Å². The molecule has 18 heavy (non-hydrogen) atoms. The first kappa shape index (κ1) is 13.6. The summed E-state index contributed by atoms with van der Waals surface area (Å²) >= 11 is 3.32. The highest BCUT2D eigenvalue weighted by Gasteiger charge is 2.23. The van der Waals surface area contributed by atoms with Crippen LogP contribution in [-0.4, -0.2) is 25.4 Å². The van der Waals surface area contributed by atoms with Gasteiger partial charge in [0.1, 0.15) is 0 Å². The van der Waals surface area contributed by atoms with E-state index in [4.69, 9.17) is 15.2 Å². The third-order valence-electron chi connectivity index (χ3n) is 3.43. The van der Waals surface area contributed by atoms with Crippen molar-refractivity contribution >= 4 is 15.9 Å². The summed E-state index contributed by atoms with van der Waals surface area (Å²) in [5, 5.41) is 9.78. The van der Waals surface area contributed by atoms with Crippen molar-refractivity contribution < 1.29 is 14.6 Å². The molecule has 0 amide bonds. The molecule has 1 aromatic rings. The van der Waals surface area contributed by atoms with E-state index < -0.39 is 0 Å². The number of hydrogen-bond acceptors (Lipinski definition) is 4. The molecule has 0 saturated carbocycles. The molecule has 0 unspecified atom stereocenters. The van der Waals surface area contributed by atoms with Gasteiger partial charge >= 0.3 is 0 Å². The van der Waals surface area contributed by atoms with Crippen molar-refractivity contribution in [1.82, 2.24) is 0 Å². The molecule has 0 bridgehead atoms. The minimum absolute atomic E-state index is 0.0558. The minimum Gasteiger partial charge on any atom is -0.503 e. The first-order chi connectivity index (χ1) is 8.63. The highest BCUT2D eigenvalue weighted by atomic mass is 79.9. The number of benzene rings is 1. The molecule has 1 aliphatic rings. The first-order valence-electron chi connectivity index (χ1n) is 6.03. The molecule has 2 rings (SSSR count). The molecule has 4 nitrogen and oxygen atoms in total. The maximum absolute atomic E-state index is 9.78. The molecular formula is C13H18BrNO3. The lowest BCUT2D eigenvalue weighted by Crippen LogP contribution is -2.27. The number of nitrogens with two attached hydrogens (primary N) is 1. The molecule has 0 aliphatic carbocycles. The maximum atomic E-state index is 9.78. The highest BCUT2D eigenvalue weighted by molar-refractivity contribution is 9.10. The zero-order valence-electron chi connectivity index (χ0n) is 10.4. The second kappa shape index (κ2) is 5.91. The number of ether oxygens (including phenoxy) is 2. The zero-order valence-corrected chi connectivity index (χ0v) is 11.9. The van der Waals surface area contributed by atoms with Crippen LogP contribution in [0, 0.1) is 5.92 Å². The van der Waals surface area contributed by atoms with Crippen molar-refractivity contribution in [2.24, 2.45) is 11.7 Å².